The summed E-state index contributed by atoms with van der Waals surface area (Å²) in [5.41, 5.74) is 7.09. The summed E-state index contributed by atoms with van der Waals surface area (Å²) in [4.78, 5) is 12.4. The fourth-order valence-corrected chi connectivity index (χ4v) is 4.33. The largest absolute Gasteiger partial charge is 0.489 e. The van der Waals surface area contributed by atoms with Crippen molar-refractivity contribution in [1.29, 1.82) is 0 Å². The van der Waals surface area contributed by atoms with Gasteiger partial charge in [-0.15, -0.1) is 0 Å². The lowest BCUT2D eigenvalue weighted by atomic mass is 9.98. The number of rotatable bonds is 5. The van der Waals surface area contributed by atoms with Crippen molar-refractivity contribution >= 4 is 0 Å². The molecule has 0 aliphatic heterocycles. The van der Waals surface area contributed by atoms with Crippen molar-refractivity contribution in [1.82, 2.24) is 29.6 Å². The third-order valence-corrected chi connectivity index (χ3v) is 6.18. The molecule has 1 aliphatic carbocycles. The first-order valence-electron chi connectivity index (χ1n) is 10.9. The molecule has 0 unspecified atom stereocenters. The van der Waals surface area contributed by atoms with Gasteiger partial charge in [-0.05, 0) is 90.9 Å². The Morgan fingerprint density at radius 3 is 2.62 bits per heavy atom. The smallest absolute Gasteiger partial charge is 0.368 e. The molecule has 5 rings (SSSR count). The molecule has 4 aromatic rings. The van der Waals surface area contributed by atoms with E-state index in [0.717, 1.165) is 41.0 Å². The number of nitrogens with zero attached hydrogens (tertiary/aromatic N) is 6. The Kier molecular flexibility index (Phi) is 5.13. The van der Waals surface area contributed by atoms with Crippen LogP contribution in [0.15, 0.2) is 47.4 Å². The molecule has 2 aromatic heterocycles. The maximum Gasteiger partial charge on any atom is 0.368 e. The van der Waals surface area contributed by atoms with E-state index in [0.29, 0.717) is 12.3 Å². The quantitative estimate of drug-likeness (QED) is 0.486. The van der Waals surface area contributed by atoms with Crippen LogP contribution in [0.4, 0.5) is 0 Å². The van der Waals surface area contributed by atoms with Crippen molar-refractivity contribution in [3.05, 3.63) is 81.0 Å². The highest BCUT2D eigenvalue weighted by Crippen LogP contribution is 2.27. The molecule has 164 valence electrons. The maximum atomic E-state index is 12.4. The van der Waals surface area contributed by atoms with Crippen LogP contribution in [0.3, 0.4) is 0 Å². The summed E-state index contributed by atoms with van der Waals surface area (Å²) >= 11 is 0. The van der Waals surface area contributed by atoms with Gasteiger partial charge in [0.2, 0.25) is 0 Å². The third kappa shape index (κ3) is 3.51. The number of fused-ring (bicyclic) bond motifs is 1. The SMILES string of the molecule is Cc1cc(-n2ncc3c2CCCC3)ccc1OCc1c(C)cccc1-n1nnn(C)c1=O. The summed E-state index contributed by atoms with van der Waals surface area (Å²) in [5.74, 6) is 0.801. The lowest BCUT2D eigenvalue weighted by Crippen LogP contribution is -2.23. The number of benzene rings is 2. The van der Waals surface area contributed by atoms with E-state index >= 15 is 0 Å². The number of ether oxygens (including phenoxy) is 1. The highest BCUT2D eigenvalue weighted by Gasteiger charge is 2.17. The van der Waals surface area contributed by atoms with E-state index in [2.05, 4.69) is 32.3 Å². The van der Waals surface area contributed by atoms with Crippen LogP contribution in [0.2, 0.25) is 0 Å². The van der Waals surface area contributed by atoms with Crippen LogP contribution in [0.5, 0.6) is 5.75 Å². The lowest BCUT2D eigenvalue weighted by Gasteiger charge is -2.16. The van der Waals surface area contributed by atoms with Crippen LogP contribution in [0, 0.1) is 13.8 Å². The lowest BCUT2D eigenvalue weighted by molar-refractivity contribution is 0.302. The van der Waals surface area contributed by atoms with Gasteiger partial charge in [0.25, 0.3) is 0 Å². The van der Waals surface area contributed by atoms with Gasteiger partial charge in [0.15, 0.2) is 0 Å². The van der Waals surface area contributed by atoms with E-state index in [1.807, 2.05) is 44.3 Å². The van der Waals surface area contributed by atoms with E-state index < -0.39 is 0 Å². The van der Waals surface area contributed by atoms with Crippen LogP contribution in [0.25, 0.3) is 11.4 Å². The molecule has 1 aliphatic rings. The number of hydrogen-bond acceptors (Lipinski definition) is 5. The Morgan fingerprint density at radius 1 is 1.00 bits per heavy atom. The summed E-state index contributed by atoms with van der Waals surface area (Å²) in [7, 11) is 1.58. The first kappa shape index (κ1) is 20.2. The fourth-order valence-electron chi connectivity index (χ4n) is 4.33. The van der Waals surface area contributed by atoms with Gasteiger partial charge >= 0.3 is 5.69 Å². The molecule has 2 aromatic carbocycles. The minimum Gasteiger partial charge on any atom is -0.489 e. The third-order valence-electron chi connectivity index (χ3n) is 6.18. The van der Waals surface area contributed by atoms with Gasteiger partial charge in [-0.3, -0.25) is 0 Å². The molecule has 2 heterocycles. The number of tetrazole rings is 1. The van der Waals surface area contributed by atoms with Crippen LogP contribution < -0.4 is 10.4 Å². The van der Waals surface area contributed by atoms with Crippen LogP contribution in [-0.2, 0) is 26.5 Å². The minimum atomic E-state index is -0.292. The zero-order chi connectivity index (χ0) is 22.2. The number of aryl methyl sites for hydroxylation is 4. The molecule has 8 nitrogen and oxygen atoms in total. The molecule has 0 amide bonds. The summed E-state index contributed by atoms with van der Waals surface area (Å²) < 4.78 is 10.8. The highest BCUT2D eigenvalue weighted by atomic mass is 16.5. The van der Waals surface area contributed by atoms with Crippen molar-refractivity contribution in [2.45, 2.75) is 46.1 Å². The van der Waals surface area contributed by atoms with E-state index in [4.69, 9.17) is 4.74 Å². The fraction of sp³-hybridized carbons (Fsp3) is 0.333. The second-order valence-electron chi connectivity index (χ2n) is 8.34. The molecule has 0 N–H and O–H groups in total. The van der Waals surface area contributed by atoms with Gasteiger partial charge in [0, 0.05) is 18.3 Å². The molecule has 0 spiro atoms. The molecule has 0 saturated heterocycles. The van der Waals surface area contributed by atoms with Gasteiger partial charge in [-0.2, -0.15) is 14.5 Å². The van der Waals surface area contributed by atoms with Gasteiger partial charge < -0.3 is 4.74 Å². The Hall–Kier alpha value is -3.68. The molecule has 0 fully saturated rings. The predicted octanol–water partition coefficient (Wildman–Crippen LogP) is 3.23. The summed E-state index contributed by atoms with van der Waals surface area (Å²) in [6.07, 6.45) is 6.65. The van der Waals surface area contributed by atoms with Gasteiger partial charge in [0.1, 0.15) is 12.4 Å². The molecule has 0 saturated carbocycles. The van der Waals surface area contributed by atoms with Crippen molar-refractivity contribution in [2.75, 3.05) is 0 Å². The van der Waals surface area contributed by atoms with Crippen molar-refractivity contribution in [3.8, 4) is 17.1 Å². The van der Waals surface area contributed by atoms with E-state index in [9.17, 15) is 4.79 Å². The normalized spacial score (nSPS) is 13.2. The summed E-state index contributed by atoms with van der Waals surface area (Å²) in [6, 6.07) is 11.9. The Balaban J connectivity index is 1.41. The van der Waals surface area contributed by atoms with Crippen molar-refractivity contribution in [2.24, 2.45) is 7.05 Å². The second kappa shape index (κ2) is 8.11. The van der Waals surface area contributed by atoms with Gasteiger partial charge in [0.05, 0.1) is 17.6 Å². The van der Waals surface area contributed by atoms with Gasteiger partial charge in [-0.1, -0.05) is 12.1 Å². The zero-order valence-corrected chi connectivity index (χ0v) is 18.6. The van der Waals surface area contributed by atoms with E-state index in [1.165, 1.54) is 33.5 Å². The second-order valence-corrected chi connectivity index (χ2v) is 8.34. The van der Waals surface area contributed by atoms with E-state index in [-0.39, 0.29) is 5.69 Å². The standard InChI is InChI=1S/C24H26N6O2/c1-16-7-6-10-22(30-24(31)28(3)26-27-30)20(16)15-32-23-12-11-19(13-17(23)2)29-21-9-5-4-8-18(21)14-25-29/h6-7,10-14H,4-5,8-9,15H2,1-3H3. The molecule has 0 bridgehead atoms. The molecule has 0 radical (unpaired) electrons. The topological polar surface area (TPSA) is 79.8 Å². The monoisotopic (exact) mass is 430 g/mol. The van der Waals surface area contributed by atoms with Crippen LogP contribution in [0.1, 0.15) is 40.8 Å². The Labute approximate surface area is 186 Å². The number of hydrogen-bond donors (Lipinski definition) is 0. The predicted molar refractivity (Wildman–Crippen MR) is 121 cm³/mol. The molecular weight excluding hydrogens is 404 g/mol. The molecule has 32 heavy (non-hydrogen) atoms. The first-order chi connectivity index (χ1) is 15.5. The van der Waals surface area contributed by atoms with Crippen LogP contribution in [-0.4, -0.2) is 29.6 Å². The zero-order valence-electron chi connectivity index (χ0n) is 18.6. The molecule has 0 atom stereocenters. The van der Waals surface area contributed by atoms with Crippen LogP contribution >= 0.6 is 0 Å². The first-order valence-corrected chi connectivity index (χ1v) is 10.9. The van der Waals surface area contributed by atoms with Crippen molar-refractivity contribution < 1.29 is 4.74 Å². The maximum absolute atomic E-state index is 12.4. The average molecular weight is 431 g/mol. The summed E-state index contributed by atoms with van der Waals surface area (Å²) in [5, 5.41) is 12.4. The molecular formula is C24H26N6O2. The minimum absolute atomic E-state index is 0.292. The summed E-state index contributed by atoms with van der Waals surface area (Å²) in [6.45, 7) is 4.36. The van der Waals surface area contributed by atoms with E-state index in [1.54, 1.807) is 7.05 Å². The Morgan fingerprint density at radius 2 is 1.84 bits per heavy atom. The Bertz CT molecular complexity index is 1350. The number of aromatic nitrogens is 6. The average Bonchev–Trinajstić information content (AvgIpc) is 3.37. The van der Waals surface area contributed by atoms with Crippen molar-refractivity contribution in [3.63, 3.8) is 0 Å². The molecule has 8 heteroatoms. The highest BCUT2D eigenvalue weighted by molar-refractivity contribution is 5.47. The van der Waals surface area contributed by atoms with Gasteiger partial charge in [-0.25, -0.2) is 9.48 Å².